The third-order valence-corrected chi connectivity index (χ3v) is 2.61. The lowest BCUT2D eigenvalue weighted by molar-refractivity contribution is -0.287. The molecule has 0 spiro atoms. The van der Waals surface area contributed by atoms with Crippen LogP contribution in [0.5, 0.6) is 0 Å². The molecule has 1 aliphatic rings. The van der Waals surface area contributed by atoms with E-state index in [1.165, 1.54) is 6.26 Å². The third kappa shape index (κ3) is 3.65. The smallest absolute Gasteiger partial charge is 0.228 e. The maximum Gasteiger partial charge on any atom is 0.228 e. The van der Waals surface area contributed by atoms with E-state index in [0.29, 0.717) is 0 Å². The molecule has 0 aromatic heterocycles. The van der Waals surface area contributed by atoms with Crippen LogP contribution in [0.4, 0.5) is 0 Å². The minimum absolute atomic E-state index is 0.455. The van der Waals surface area contributed by atoms with Gasteiger partial charge in [-0.2, -0.15) is 0 Å². The molecular weight excluding hydrogens is 228 g/mol. The molecule has 0 aromatic rings. The molecule has 0 amide bonds. The molecule has 0 radical (unpaired) electrons. The van der Waals surface area contributed by atoms with E-state index in [2.05, 4.69) is 0 Å². The molecule has 0 bridgehead atoms. The van der Waals surface area contributed by atoms with Crippen molar-refractivity contribution in [2.45, 2.75) is 50.5 Å². The Kier molecular flexibility index (Phi) is 5.87. The molecule has 1 fully saturated rings. The van der Waals surface area contributed by atoms with Gasteiger partial charge >= 0.3 is 0 Å². The van der Waals surface area contributed by atoms with Crippen LogP contribution in [0.3, 0.4) is 0 Å². The second-order valence-corrected chi connectivity index (χ2v) is 3.99. The summed E-state index contributed by atoms with van der Waals surface area (Å²) in [6.45, 7) is 1.56. The Bertz CT molecular complexity index is 242. The number of hydrogen-bond acceptors (Lipinski definition) is 6. The Morgan fingerprint density at radius 3 is 2.47 bits per heavy atom. The molecule has 6 nitrogen and oxygen atoms in total. The van der Waals surface area contributed by atoms with Crippen molar-refractivity contribution in [3.63, 3.8) is 0 Å². The molecule has 1 unspecified atom stereocenters. The summed E-state index contributed by atoms with van der Waals surface area (Å²) < 4.78 is 10.2. The molecule has 1 rings (SSSR count). The molecule has 1 saturated heterocycles. The topological polar surface area (TPSA) is 99.4 Å². The first kappa shape index (κ1) is 14.4. The van der Waals surface area contributed by atoms with Gasteiger partial charge in [-0.15, -0.1) is 0 Å². The Hall–Kier alpha value is -0.660. The molecule has 1 heterocycles. The van der Waals surface area contributed by atoms with Gasteiger partial charge in [-0.05, 0) is 12.5 Å². The van der Waals surface area contributed by atoms with Crippen LogP contribution in [0.25, 0.3) is 0 Å². The lowest BCUT2D eigenvalue weighted by atomic mass is 9.99. The van der Waals surface area contributed by atoms with Crippen LogP contribution in [0.1, 0.15) is 19.8 Å². The molecule has 100 valence electrons. The van der Waals surface area contributed by atoms with Crippen molar-refractivity contribution >= 4 is 0 Å². The fraction of sp³-hybridized carbons (Fsp3) is 0.818. The van der Waals surface area contributed by atoms with Crippen molar-refractivity contribution in [1.82, 2.24) is 0 Å². The number of unbranched alkanes of at least 4 members (excludes halogenated alkanes) is 1. The summed E-state index contributed by atoms with van der Waals surface area (Å²) in [5.74, 6) is 0. The third-order valence-electron chi connectivity index (χ3n) is 2.61. The van der Waals surface area contributed by atoms with Crippen molar-refractivity contribution in [1.29, 1.82) is 0 Å². The van der Waals surface area contributed by atoms with Gasteiger partial charge in [0, 0.05) is 0 Å². The Morgan fingerprint density at radius 2 is 1.88 bits per heavy atom. The van der Waals surface area contributed by atoms with Crippen LogP contribution in [-0.2, 0) is 9.47 Å². The number of aliphatic hydroxyl groups excluding tert-OH is 4. The second kappa shape index (κ2) is 6.93. The van der Waals surface area contributed by atoms with Crippen LogP contribution in [-0.4, -0.2) is 57.7 Å². The van der Waals surface area contributed by atoms with Gasteiger partial charge in [-0.1, -0.05) is 13.3 Å². The van der Waals surface area contributed by atoms with Crippen molar-refractivity contribution in [3.05, 3.63) is 12.3 Å². The number of allylic oxidation sites excluding steroid dienone is 1. The van der Waals surface area contributed by atoms with Crippen LogP contribution in [0, 0.1) is 0 Å². The van der Waals surface area contributed by atoms with E-state index in [-0.39, 0.29) is 0 Å². The zero-order valence-corrected chi connectivity index (χ0v) is 9.77. The van der Waals surface area contributed by atoms with Gasteiger partial charge in [0.25, 0.3) is 0 Å². The fourth-order valence-corrected chi connectivity index (χ4v) is 1.55. The molecule has 1 aliphatic heterocycles. The number of aliphatic hydroxyl groups is 4. The summed E-state index contributed by atoms with van der Waals surface area (Å²) in [5.41, 5.74) is 0. The van der Waals surface area contributed by atoms with Crippen LogP contribution < -0.4 is 0 Å². The summed E-state index contributed by atoms with van der Waals surface area (Å²) in [7, 11) is 0. The Balaban J connectivity index is 2.53. The van der Waals surface area contributed by atoms with Gasteiger partial charge in [-0.25, -0.2) is 0 Å². The average Bonchev–Trinajstić information content (AvgIpc) is 2.34. The summed E-state index contributed by atoms with van der Waals surface area (Å²) >= 11 is 0. The van der Waals surface area contributed by atoms with E-state index < -0.39 is 37.3 Å². The largest absolute Gasteiger partial charge is 0.470 e. The quantitative estimate of drug-likeness (QED) is 0.471. The fourth-order valence-electron chi connectivity index (χ4n) is 1.55. The van der Waals surface area contributed by atoms with Crippen molar-refractivity contribution < 1.29 is 29.9 Å². The van der Waals surface area contributed by atoms with Gasteiger partial charge in [-0.3, -0.25) is 0 Å². The van der Waals surface area contributed by atoms with Crippen molar-refractivity contribution in [3.8, 4) is 0 Å². The van der Waals surface area contributed by atoms with Crippen molar-refractivity contribution in [2.24, 2.45) is 0 Å². The van der Waals surface area contributed by atoms with E-state index in [4.69, 9.17) is 14.6 Å². The molecule has 0 aliphatic carbocycles. The summed E-state index contributed by atoms with van der Waals surface area (Å²) in [4.78, 5) is 0. The van der Waals surface area contributed by atoms with E-state index in [1.54, 1.807) is 6.08 Å². The zero-order chi connectivity index (χ0) is 12.8. The number of hydrogen-bond donors (Lipinski definition) is 4. The Morgan fingerprint density at radius 1 is 1.18 bits per heavy atom. The molecule has 0 saturated carbocycles. The van der Waals surface area contributed by atoms with Gasteiger partial charge in [0.15, 0.2) is 0 Å². The standard InChI is InChI=1S/C11H20O6/c1-2-3-4-5-16-11-10(15)9(14)8(13)7(6-12)17-11/h4-5,7-15H,2-3,6H2,1H3/t7-,8+,9+,10-,11?/m1/s1. The van der Waals surface area contributed by atoms with Crippen molar-refractivity contribution in [2.75, 3.05) is 6.61 Å². The highest BCUT2D eigenvalue weighted by molar-refractivity contribution is 4.89. The summed E-state index contributed by atoms with van der Waals surface area (Å²) in [6, 6.07) is 0. The first-order valence-electron chi connectivity index (χ1n) is 5.72. The van der Waals surface area contributed by atoms with Gasteiger partial charge in [0.2, 0.25) is 6.29 Å². The number of ether oxygens (including phenoxy) is 2. The predicted molar refractivity (Wildman–Crippen MR) is 58.9 cm³/mol. The average molecular weight is 248 g/mol. The van der Waals surface area contributed by atoms with Crippen LogP contribution in [0.15, 0.2) is 12.3 Å². The van der Waals surface area contributed by atoms with E-state index in [1.807, 2.05) is 6.92 Å². The number of rotatable bonds is 5. The zero-order valence-electron chi connectivity index (χ0n) is 9.77. The van der Waals surface area contributed by atoms with Gasteiger partial charge < -0.3 is 29.9 Å². The SMILES string of the molecule is CCCC=COC1O[C@H](CO)[C@H](O)[C@H](O)[C@H]1O. The monoisotopic (exact) mass is 248 g/mol. The van der Waals surface area contributed by atoms with Gasteiger partial charge in [0.05, 0.1) is 12.9 Å². The molecule has 6 heteroatoms. The predicted octanol–water partition coefficient (Wildman–Crippen LogP) is -0.883. The normalized spacial score (nSPS) is 38.5. The molecular formula is C11H20O6. The lowest BCUT2D eigenvalue weighted by Gasteiger charge is -2.39. The molecule has 17 heavy (non-hydrogen) atoms. The maximum absolute atomic E-state index is 9.60. The van der Waals surface area contributed by atoms with Crippen LogP contribution >= 0.6 is 0 Å². The molecule has 5 atom stereocenters. The highest BCUT2D eigenvalue weighted by Gasteiger charge is 2.44. The van der Waals surface area contributed by atoms with Gasteiger partial charge in [0.1, 0.15) is 24.4 Å². The minimum Gasteiger partial charge on any atom is -0.470 e. The highest BCUT2D eigenvalue weighted by Crippen LogP contribution is 2.22. The first-order chi connectivity index (χ1) is 8.11. The lowest BCUT2D eigenvalue weighted by Crippen LogP contribution is -2.58. The van der Waals surface area contributed by atoms with E-state index in [0.717, 1.165) is 12.8 Å². The first-order valence-corrected chi connectivity index (χ1v) is 5.72. The molecule has 0 aromatic carbocycles. The highest BCUT2D eigenvalue weighted by atomic mass is 16.7. The summed E-state index contributed by atoms with van der Waals surface area (Å²) in [5, 5.41) is 37.5. The Labute approximate surface area is 100 Å². The second-order valence-electron chi connectivity index (χ2n) is 3.99. The van der Waals surface area contributed by atoms with E-state index >= 15 is 0 Å². The van der Waals surface area contributed by atoms with Crippen LogP contribution in [0.2, 0.25) is 0 Å². The summed E-state index contributed by atoms with van der Waals surface area (Å²) in [6.07, 6.45) is -1.17. The minimum atomic E-state index is -1.40. The van der Waals surface area contributed by atoms with E-state index in [9.17, 15) is 15.3 Å². The maximum atomic E-state index is 9.60. The molecule has 4 N–H and O–H groups in total.